The molecule has 0 spiro atoms. The summed E-state index contributed by atoms with van der Waals surface area (Å²) in [5, 5.41) is 2.90. The summed E-state index contributed by atoms with van der Waals surface area (Å²) in [5.41, 5.74) is 1.52. The number of nitrogens with one attached hydrogen (secondary N) is 1. The molecule has 2 nitrogen and oxygen atoms in total. The molecule has 0 bridgehead atoms. The molecule has 1 amide bonds. The topological polar surface area (TPSA) is 29.1 Å². The highest BCUT2D eigenvalue weighted by atomic mass is 127. The molecule has 92 valence electrons. The number of rotatable bonds is 3. The van der Waals surface area contributed by atoms with Crippen LogP contribution in [0.25, 0.3) is 0 Å². The van der Waals surface area contributed by atoms with Crippen molar-refractivity contribution in [2.75, 3.05) is 11.6 Å². The van der Waals surface area contributed by atoms with Gasteiger partial charge in [-0.2, -0.15) is 0 Å². The van der Waals surface area contributed by atoms with Gasteiger partial charge in [0.15, 0.2) is 0 Å². The van der Waals surface area contributed by atoms with Crippen molar-refractivity contribution in [2.24, 2.45) is 0 Å². The normalized spacial score (nSPS) is 10.1. The Hall–Kier alpha value is -1.01. The maximum Gasteiger partial charge on any atom is 0.256 e. The highest BCUT2D eigenvalue weighted by molar-refractivity contribution is 14.1. The molecule has 0 heterocycles. The van der Waals surface area contributed by atoms with Crippen LogP contribution in [-0.2, 0) is 0 Å². The summed E-state index contributed by atoms with van der Waals surface area (Å²) in [6.45, 7) is 0. The Balaban J connectivity index is 2.14. The SMILES string of the molecule is CSc1ccc(NC(=O)c2ccccc2I)cc1. The highest BCUT2D eigenvalue weighted by Crippen LogP contribution is 2.19. The molecular formula is C14H12INOS. The second kappa shape index (κ2) is 6.24. The van der Waals surface area contributed by atoms with Gasteiger partial charge in [-0.15, -0.1) is 11.8 Å². The molecule has 0 fully saturated rings. The summed E-state index contributed by atoms with van der Waals surface area (Å²) < 4.78 is 0.952. The van der Waals surface area contributed by atoms with Crippen LogP contribution < -0.4 is 5.32 Å². The average molecular weight is 369 g/mol. The van der Waals surface area contributed by atoms with Crippen LogP contribution in [0.1, 0.15) is 10.4 Å². The third-order valence-electron chi connectivity index (χ3n) is 2.47. The van der Waals surface area contributed by atoms with Crippen molar-refractivity contribution >= 4 is 45.9 Å². The summed E-state index contributed by atoms with van der Waals surface area (Å²) in [6.07, 6.45) is 2.03. The van der Waals surface area contributed by atoms with Gasteiger partial charge in [0, 0.05) is 14.2 Å². The maximum absolute atomic E-state index is 12.1. The Labute approximate surface area is 124 Å². The van der Waals surface area contributed by atoms with Gasteiger partial charge in [0.05, 0.1) is 5.56 Å². The molecule has 18 heavy (non-hydrogen) atoms. The number of halogens is 1. The van der Waals surface area contributed by atoms with E-state index in [0.29, 0.717) is 5.56 Å². The zero-order valence-corrected chi connectivity index (χ0v) is 12.8. The lowest BCUT2D eigenvalue weighted by atomic mass is 10.2. The van der Waals surface area contributed by atoms with Crippen molar-refractivity contribution in [3.63, 3.8) is 0 Å². The van der Waals surface area contributed by atoms with Crippen LogP contribution in [0.3, 0.4) is 0 Å². The average Bonchev–Trinajstić information content (AvgIpc) is 2.40. The Bertz CT molecular complexity index is 554. The molecule has 0 aliphatic rings. The fourth-order valence-electron chi connectivity index (χ4n) is 1.52. The van der Waals surface area contributed by atoms with Gasteiger partial charge in [0.25, 0.3) is 5.91 Å². The first-order valence-electron chi connectivity index (χ1n) is 5.40. The van der Waals surface area contributed by atoms with Crippen molar-refractivity contribution in [3.8, 4) is 0 Å². The predicted octanol–water partition coefficient (Wildman–Crippen LogP) is 4.27. The van der Waals surface area contributed by atoms with Crippen molar-refractivity contribution in [3.05, 3.63) is 57.7 Å². The van der Waals surface area contributed by atoms with Gasteiger partial charge in [0.2, 0.25) is 0 Å². The van der Waals surface area contributed by atoms with Crippen molar-refractivity contribution in [1.82, 2.24) is 0 Å². The molecule has 2 rings (SSSR count). The molecule has 0 radical (unpaired) electrons. The maximum atomic E-state index is 12.1. The van der Waals surface area contributed by atoms with Gasteiger partial charge in [-0.3, -0.25) is 4.79 Å². The zero-order valence-electron chi connectivity index (χ0n) is 9.81. The van der Waals surface area contributed by atoms with E-state index >= 15 is 0 Å². The largest absolute Gasteiger partial charge is 0.322 e. The summed E-state index contributed by atoms with van der Waals surface area (Å²) in [7, 11) is 0. The van der Waals surface area contributed by atoms with E-state index in [1.54, 1.807) is 11.8 Å². The molecule has 0 unspecified atom stereocenters. The molecule has 1 N–H and O–H groups in total. The molecule has 0 saturated heterocycles. The Morgan fingerprint density at radius 2 is 1.78 bits per heavy atom. The Kier molecular flexibility index (Phi) is 4.66. The van der Waals surface area contributed by atoms with Crippen LogP contribution in [0.4, 0.5) is 5.69 Å². The van der Waals surface area contributed by atoms with Gasteiger partial charge in [0.1, 0.15) is 0 Å². The lowest BCUT2D eigenvalue weighted by Gasteiger charge is -2.07. The fourth-order valence-corrected chi connectivity index (χ4v) is 2.56. The number of benzene rings is 2. The molecule has 0 saturated carbocycles. The number of hydrogen-bond donors (Lipinski definition) is 1. The minimum absolute atomic E-state index is 0.0723. The van der Waals surface area contributed by atoms with Crippen LogP contribution in [0, 0.1) is 3.57 Å². The lowest BCUT2D eigenvalue weighted by molar-refractivity contribution is 0.102. The van der Waals surface area contributed by atoms with Gasteiger partial charge < -0.3 is 5.32 Å². The summed E-state index contributed by atoms with van der Waals surface area (Å²) in [5.74, 6) is -0.0723. The summed E-state index contributed by atoms with van der Waals surface area (Å²) in [4.78, 5) is 13.3. The van der Waals surface area contributed by atoms with Crippen LogP contribution in [-0.4, -0.2) is 12.2 Å². The van der Waals surface area contributed by atoms with E-state index in [1.807, 2.05) is 54.8 Å². The monoisotopic (exact) mass is 369 g/mol. The number of carbonyl (C=O) groups excluding carboxylic acids is 1. The molecule has 0 atom stereocenters. The van der Waals surface area contributed by atoms with Crippen molar-refractivity contribution in [2.45, 2.75) is 4.90 Å². The molecule has 0 aliphatic carbocycles. The predicted molar refractivity (Wildman–Crippen MR) is 85.3 cm³/mol. The van der Waals surface area contributed by atoms with Crippen LogP contribution in [0.5, 0.6) is 0 Å². The molecule has 0 aliphatic heterocycles. The zero-order chi connectivity index (χ0) is 13.0. The van der Waals surface area contributed by atoms with E-state index in [1.165, 1.54) is 4.90 Å². The quantitative estimate of drug-likeness (QED) is 0.647. The highest BCUT2D eigenvalue weighted by Gasteiger charge is 2.08. The Morgan fingerprint density at radius 1 is 1.11 bits per heavy atom. The van der Waals surface area contributed by atoms with E-state index in [4.69, 9.17) is 0 Å². The third-order valence-corrected chi connectivity index (χ3v) is 4.15. The minimum atomic E-state index is -0.0723. The van der Waals surface area contributed by atoms with E-state index in [2.05, 4.69) is 27.9 Å². The molecule has 2 aromatic carbocycles. The van der Waals surface area contributed by atoms with Gasteiger partial charge in [-0.1, -0.05) is 12.1 Å². The molecule has 4 heteroatoms. The summed E-state index contributed by atoms with van der Waals surface area (Å²) >= 11 is 3.85. The Morgan fingerprint density at radius 3 is 2.39 bits per heavy atom. The standard InChI is InChI=1S/C14H12INOS/c1-18-11-8-6-10(7-9-11)16-14(17)12-4-2-3-5-13(12)15/h2-9H,1H3,(H,16,17). The number of amides is 1. The molecular weight excluding hydrogens is 357 g/mol. The van der Waals surface area contributed by atoms with E-state index in [-0.39, 0.29) is 5.91 Å². The first-order chi connectivity index (χ1) is 8.70. The number of anilines is 1. The van der Waals surface area contributed by atoms with Crippen molar-refractivity contribution < 1.29 is 4.79 Å². The molecule has 2 aromatic rings. The van der Waals surface area contributed by atoms with E-state index < -0.39 is 0 Å². The van der Waals surface area contributed by atoms with Crippen molar-refractivity contribution in [1.29, 1.82) is 0 Å². The summed E-state index contributed by atoms with van der Waals surface area (Å²) in [6, 6.07) is 15.4. The number of hydrogen-bond acceptors (Lipinski definition) is 2. The lowest BCUT2D eigenvalue weighted by Crippen LogP contribution is -2.13. The second-order valence-electron chi connectivity index (χ2n) is 3.66. The van der Waals surface area contributed by atoms with E-state index in [9.17, 15) is 4.79 Å². The number of thioether (sulfide) groups is 1. The smallest absolute Gasteiger partial charge is 0.256 e. The number of carbonyl (C=O) groups is 1. The van der Waals surface area contributed by atoms with Crippen LogP contribution in [0.15, 0.2) is 53.4 Å². The van der Waals surface area contributed by atoms with Crippen LogP contribution >= 0.6 is 34.4 Å². The third kappa shape index (κ3) is 3.26. The van der Waals surface area contributed by atoms with Crippen LogP contribution in [0.2, 0.25) is 0 Å². The fraction of sp³-hybridized carbons (Fsp3) is 0.0714. The second-order valence-corrected chi connectivity index (χ2v) is 5.70. The first kappa shape index (κ1) is 13.4. The van der Waals surface area contributed by atoms with E-state index in [0.717, 1.165) is 9.26 Å². The minimum Gasteiger partial charge on any atom is -0.322 e. The van der Waals surface area contributed by atoms with Gasteiger partial charge in [-0.05, 0) is 65.2 Å². The first-order valence-corrected chi connectivity index (χ1v) is 7.71. The van der Waals surface area contributed by atoms with Gasteiger partial charge >= 0.3 is 0 Å². The van der Waals surface area contributed by atoms with Gasteiger partial charge in [-0.25, -0.2) is 0 Å². The molecule has 0 aromatic heterocycles.